The van der Waals surface area contributed by atoms with E-state index in [1.165, 1.54) is 12.1 Å². The molecule has 2 rings (SSSR count). The number of para-hydroxylation sites is 1. The van der Waals surface area contributed by atoms with Crippen LogP contribution in [-0.2, 0) is 16.2 Å². The molecule has 0 aromatic heterocycles. The second kappa shape index (κ2) is 7.63. The van der Waals surface area contributed by atoms with E-state index in [1.54, 1.807) is 25.1 Å². The average molecular weight is 391 g/mol. The number of hydrogen-bond acceptors (Lipinski definition) is 3. The Bertz CT molecular complexity index is 854. The second-order valence-electron chi connectivity index (χ2n) is 5.57. The Morgan fingerprint density at radius 2 is 1.73 bits per heavy atom. The lowest BCUT2D eigenvalue weighted by Crippen LogP contribution is -2.37. The molecule has 0 aliphatic heterocycles. The Morgan fingerprint density at radius 3 is 2.27 bits per heavy atom. The molecule has 0 spiro atoms. The van der Waals surface area contributed by atoms with Gasteiger partial charge in [0.05, 0.1) is 28.8 Å². The number of hydrogen-bond donors (Lipinski definition) is 1. The van der Waals surface area contributed by atoms with Crippen LogP contribution in [-0.4, -0.2) is 26.2 Å². The van der Waals surface area contributed by atoms with E-state index >= 15 is 0 Å². The summed E-state index contributed by atoms with van der Waals surface area (Å²) >= 11 is 0. The molecule has 26 heavy (non-hydrogen) atoms. The summed E-state index contributed by atoms with van der Waals surface area (Å²) < 4.78 is 78.8. The van der Waals surface area contributed by atoms with Gasteiger partial charge in [0, 0.05) is 0 Å². The molecule has 0 amide bonds. The van der Waals surface area contributed by atoms with Crippen molar-refractivity contribution in [2.75, 3.05) is 10.8 Å². The van der Waals surface area contributed by atoms with Gasteiger partial charge in [-0.1, -0.05) is 25.1 Å². The van der Waals surface area contributed by atoms with E-state index < -0.39 is 38.6 Å². The van der Waals surface area contributed by atoms with Gasteiger partial charge >= 0.3 is 6.18 Å². The highest BCUT2D eigenvalue weighted by Gasteiger charge is 2.36. The lowest BCUT2D eigenvalue weighted by Gasteiger charge is -2.27. The first-order chi connectivity index (χ1) is 12.1. The minimum absolute atomic E-state index is 0.179. The Morgan fingerprint density at radius 1 is 1.12 bits per heavy atom. The zero-order chi connectivity index (χ0) is 19.5. The highest BCUT2D eigenvalue weighted by molar-refractivity contribution is 7.92. The lowest BCUT2D eigenvalue weighted by atomic mass is 10.2. The molecular formula is C17H17F4NO3S. The van der Waals surface area contributed by atoms with Crippen molar-refractivity contribution >= 4 is 15.7 Å². The molecule has 1 unspecified atom stereocenters. The minimum atomic E-state index is -5.03. The summed E-state index contributed by atoms with van der Waals surface area (Å²) in [6.45, 7) is 1.29. The van der Waals surface area contributed by atoms with E-state index in [9.17, 15) is 31.1 Å². The number of alkyl halides is 3. The third kappa shape index (κ3) is 4.34. The first kappa shape index (κ1) is 20.2. The first-order valence-electron chi connectivity index (χ1n) is 7.70. The lowest BCUT2D eigenvalue weighted by molar-refractivity contribution is -0.140. The molecule has 0 radical (unpaired) electrons. The molecule has 1 atom stereocenters. The zero-order valence-corrected chi connectivity index (χ0v) is 14.6. The van der Waals surface area contributed by atoms with Crippen LogP contribution >= 0.6 is 0 Å². The molecular weight excluding hydrogens is 374 g/mol. The molecule has 142 valence electrons. The van der Waals surface area contributed by atoms with Crippen LogP contribution in [0.15, 0.2) is 53.4 Å². The van der Waals surface area contributed by atoms with Gasteiger partial charge < -0.3 is 5.11 Å². The van der Waals surface area contributed by atoms with E-state index in [0.717, 1.165) is 10.4 Å². The molecule has 2 aromatic carbocycles. The third-order valence-electron chi connectivity index (χ3n) is 3.72. The monoisotopic (exact) mass is 391 g/mol. The van der Waals surface area contributed by atoms with Crippen molar-refractivity contribution in [2.45, 2.75) is 30.5 Å². The minimum Gasteiger partial charge on any atom is -0.391 e. The van der Waals surface area contributed by atoms with Gasteiger partial charge in [-0.05, 0) is 36.8 Å². The first-order valence-corrected chi connectivity index (χ1v) is 9.14. The maximum absolute atomic E-state index is 13.5. The van der Waals surface area contributed by atoms with Crippen LogP contribution in [0.2, 0.25) is 0 Å². The SMILES string of the molecule is CCC(O)CN(c1ccccc1)S(=O)(=O)c1ccc(F)c(C(F)(F)F)c1. The van der Waals surface area contributed by atoms with Crippen molar-refractivity contribution in [3.8, 4) is 0 Å². The van der Waals surface area contributed by atoms with Crippen molar-refractivity contribution in [1.29, 1.82) is 0 Å². The van der Waals surface area contributed by atoms with Gasteiger partial charge in [0.25, 0.3) is 10.0 Å². The number of halogens is 4. The molecule has 9 heteroatoms. The summed E-state index contributed by atoms with van der Waals surface area (Å²) in [5.41, 5.74) is -1.49. The standard InChI is InChI=1S/C17H17F4NO3S/c1-2-13(23)11-22(12-6-4-3-5-7-12)26(24,25)14-8-9-16(18)15(10-14)17(19,20)21/h3-10,13,23H,2,11H2,1H3. The van der Waals surface area contributed by atoms with E-state index in [2.05, 4.69) is 0 Å². The van der Waals surface area contributed by atoms with Crippen LogP contribution < -0.4 is 4.31 Å². The van der Waals surface area contributed by atoms with Crippen LogP contribution in [0.5, 0.6) is 0 Å². The van der Waals surface area contributed by atoms with Gasteiger partial charge in [0.15, 0.2) is 0 Å². The highest BCUT2D eigenvalue weighted by Crippen LogP contribution is 2.34. The van der Waals surface area contributed by atoms with Gasteiger partial charge in [-0.25, -0.2) is 12.8 Å². The van der Waals surface area contributed by atoms with Crippen LogP contribution in [0.25, 0.3) is 0 Å². The summed E-state index contributed by atoms with van der Waals surface area (Å²) in [7, 11) is -4.45. The van der Waals surface area contributed by atoms with Crippen molar-refractivity contribution in [2.24, 2.45) is 0 Å². The normalized spacial score (nSPS) is 13.5. The molecule has 0 aliphatic carbocycles. The fraction of sp³-hybridized carbons (Fsp3) is 0.294. The van der Waals surface area contributed by atoms with Crippen molar-refractivity contribution < 1.29 is 31.1 Å². The summed E-state index contributed by atoms with van der Waals surface area (Å²) in [6, 6.07) is 9.17. The number of aliphatic hydroxyl groups is 1. The summed E-state index contributed by atoms with van der Waals surface area (Å²) in [5.74, 6) is -1.56. The number of anilines is 1. The number of nitrogens with zero attached hydrogens (tertiary/aromatic N) is 1. The fourth-order valence-corrected chi connectivity index (χ4v) is 3.80. The second-order valence-corrected chi connectivity index (χ2v) is 7.44. The Hall–Kier alpha value is -2.13. The van der Waals surface area contributed by atoms with Crippen molar-refractivity contribution in [3.63, 3.8) is 0 Å². The van der Waals surface area contributed by atoms with Crippen molar-refractivity contribution in [3.05, 3.63) is 59.9 Å². The summed E-state index contributed by atoms with van der Waals surface area (Å²) in [5, 5.41) is 9.88. The number of sulfonamides is 1. The van der Waals surface area contributed by atoms with Crippen molar-refractivity contribution in [1.82, 2.24) is 0 Å². The average Bonchev–Trinajstić information content (AvgIpc) is 2.59. The van der Waals surface area contributed by atoms with E-state index in [-0.39, 0.29) is 24.7 Å². The Labute approximate surface area is 148 Å². The maximum Gasteiger partial charge on any atom is 0.419 e. The summed E-state index contributed by atoms with van der Waals surface area (Å²) in [6.07, 6.45) is -5.81. The third-order valence-corrected chi connectivity index (χ3v) is 5.51. The highest BCUT2D eigenvalue weighted by atomic mass is 32.2. The van der Waals surface area contributed by atoms with Crippen LogP contribution in [0.4, 0.5) is 23.2 Å². The maximum atomic E-state index is 13.5. The molecule has 4 nitrogen and oxygen atoms in total. The molecule has 0 fully saturated rings. The molecule has 0 saturated heterocycles. The largest absolute Gasteiger partial charge is 0.419 e. The smallest absolute Gasteiger partial charge is 0.391 e. The molecule has 0 heterocycles. The number of benzene rings is 2. The Kier molecular flexibility index (Phi) is 5.92. The van der Waals surface area contributed by atoms with Gasteiger partial charge in [0.2, 0.25) is 0 Å². The Balaban J connectivity index is 2.57. The van der Waals surface area contributed by atoms with E-state index in [4.69, 9.17) is 0 Å². The molecule has 2 aromatic rings. The quantitative estimate of drug-likeness (QED) is 0.762. The van der Waals surface area contributed by atoms with Gasteiger partial charge in [-0.15, -0.1) is 0 Å². The topological polar surface area (TPSA) is 57.6 Å². The van der Waals surface area contributed by atoms with Crippen LogP contribution in [0.1, 0.15) is 18.9 Å². The number of rotatable bonds is 6. The van der Waals surface area contributed by atoms with Crippen LogP contribution in [0.3, 0.4) is 0 Å². The van der Waals surface area contributed by atoms with Gasteiger partial charge in [-0.2, -0.15) is 13.2 Å². The van der Waals surface area contributed by atoms with Gasteiger partial charge in [-0.3, -0.25) is 4.31 Å². The fourth-order valence-electron chi connectivity index (χ4n) is 2.27. The molecule has 0 saturated carbocycles. The number of aliphatic hydroxyl groups excluding tert-OH is 1. The summed E-state index contributed by atoms with van der Waals surface area (Å²) in [4.78, 5) is -0.710. The zero-order valence-electron chi connectivity index (χ0n) is 13.7. The van der Waals surface area contributed by atoms with E-state index in [0.29, 0.717) is 6.07 Å². The van der Waals surface area contributed by atoms with Gasteiger partial charge in [0.1, 0.15) is 5.82 Å². The van der Waals surface area contributed by atoms with E-state index in [1.807, 2.05) is 0 Å². The molecule has 0 aliphatic rings. The van der Waals surface area contributed by atoms with Crippen LogP contribution in [0, 0.1) is 5.82 Å². The molecule has 1 N–H and O–H groups in total. The molecule has 0 bridgehead atoms. The predicted octanol–water partition coefficient (Wildman–Crippen LogP) is 3.81. The predicted molar refractivity (Wildman–Crippen MR) is 88.7 cm³/mol.